The second-order valence-corrected chi connectivity index (χ2v) is 29.0. The molecule has 0 aliphatic rings. The van der Waals surface area contributed by atoms with Crippen LogP contribution in [0.5, 0.6) is 0 Å². The molecular formula is C108H72N8. The fourth-order valence-corrected chi connectivity index (χ4v) is 16.4. The number of pyridine rings is 1. The SMILES string of the molecule is N#Cc1ccc(-c2ccc3c(c2)c2cc(-c4cccc(N(c5ccccc5)c5ccccc5)c4)ccc2n3-c2ccc(-c3cc(-c4ccccc4)nc(-c4ccccc4)n3)cc2)cc1.c1ccc(N(c2ccccc2)c2ccc3ccc(-c4ccc5c(c4)c4ccccc4n5-c4ccc(-c5ccnc6ccccc56)cc4)cc3c2)cc1. The summed E-state index contributed by atoms with van der Waals surface area (Å²) in [6.07, 6.45) is 1.90. The van der Waals surface area contributed by atoms with Gasteiger partial charge in [-0.3, -0.25) is 4.98 Å². The van der Waals surface area contributed by atoms with E-state index in [4.69, 9.17) is 9.97 Å². The Morgan fingerprint density at radius 1 is 0.241 bits per heavy atom. The largest absolute Gasteiger partial charge is 0.310 e. The topological polar surface area (TPSA) is 78.8 Å². The van der Waals surface area contributed by atoms with Gasteiger partial charge in [-0.15, -0.1) is 0 Å². The van der Waals surface area contributed by atoms with E-state index in [9.17, 15) is 5.26 Å². The van der Waals surface area contributed by atoms with Gasteiger partial charge in [-0.05, 0) is 231 Å². The molecule has 0 amide bonds. The second kappa shape index (κ2) is 30.5. The van der Waals surface area contributed by atoms with Crippen LogP contribution in [0, 0.1) is 11.3 Å². The number of para-hydroxylation sites is 6. The van der Waals surface area contributed by atoms with Gasteiger partial charge in [0, 0.05) is 95.3 Å². The third-order valence-corrected chi connectivity index (χ3v) is 22.0. The van der Waals surface area contributed by atoms with Gasteiger partial charge < -0.3 is 18.9 Å². The number of rotatable bonds is 15. The van der Waals surface area contributed by atoms with Crippen LogP contribution >= 0.6 is 0 Å². The summed E-state index contributed by atoms with van der Waals surface area (Å²) in [6, 6.07) is 154. The first kappa shape index (κ1) is 69.4. The molecular weight excluding hydrogens is 1410 g/mol. The van der Waals surface area contributed by atoms with Crippen LogP contribution in [0.1, 0.15) is 5.56 Å². The standard InChI is InChI=1S/C59H39N5.C49H33N3/c60-40-41-24-26-42(27-25-41)47-30-34-57-53(37-47)54-38-48(46-18-13-23-52(36-46)63(49-19-9-3-10-20-49)50-21-11-4-12-22-50)31-35-58(54)64(57)51-32-28-44(29-33-51)56-39-55(43-14-5-1-6-15-43)61-59(62-56)45-16-7-2-8-17-45;1-3-11-39(12-4-1)51(40-13-5-2-6-14-40)42-27-21-34-19-20-36(31-38(34)32-42)37-24-28-49-46(33-37)45-16-8-10-18-48(45)52(49)41-25-22-35(23-26-41)43-29-30-50-47-17-9-7-15-44(43)47/h1-39H;1-33H. The van der Waals surface area contributed by atoms with Crippen LogP contribution < -0.4 is 9.80 Å². The fraction of sp³-hybridized carbons (Fsp3) is 0. The van der Waals surface area contributed by atoms with E-state index in [2.05, 4.69) is 394 Å². The van der Waals surface area contributed by atoms with Gasteiger partial charge in [0.15, 0.2) is 5.82 Å². The predicted octanol–water partition coefficient (Wildman–Crippen LogP) is 28.5. The van der Waals surface area contributed by atoms with Crippen molar-refractivity contribution in [3.05, 3.63) is 442 Å². The number of benzene rings is 17. The Balaban J connectivity index is 0.000000153. The molecule has 0 atom stereocenters. The second-order valence-electron chi connectivity index (χ2n) is 29.0. The van der Waals surface area contributed by atoms with Gasteiger partial charge in [-0.2, -0.15) is 5.26 Å². The summed E-state index contributed by atoms with van der Waals surface area (Å²) in [5.74, 6) is 0.690. The molecule has 0 fully saturated rings. The predicted molar refractivity (Wildman–Crippen MR) is 482 cm³/mol. The number of hydrogen-bond acceptors (Lipinski definition) is 6. The zero-order valence-electron chi connectivity index (χ0n) is 63.1. The number of fused-ring (bicyclic) bond motifs is 8. The van der Waals surface area contributed by atoms with Gasteiger partial charge in [-0.1, -0.05) is 255 Å². The highest BCUT2D eigenvalue weighted by Crippen LogP contribution is 2.44. The van der Waals surface area contributed by atoms with E-state index in [0.29, 0.717) is 11.4 Å². The minimum absolute atomic E-state index is 0.643. The first-order valence-corrected chi connectivity index (χ1v) is 39.1. The summed E-state index contributed by atoms with van der Waals surface area (Å²) < 4.78 is 4.74. The average Bonchev–Trinajstić information content (AvgIpc) is 1.59. The summed E-state index contributed by atoms with van der Waals surface area (Å²) in [6.45, 7) is 0. The molecule has 0 spiro atoms. The lowest BCUT2D eigenvalue weighted by Crippen LogP contribution is -2.09. The van der Waals surface area contributed by atoms with E-state index in [1.165, 1.54) is 54.8 Å². The van der Waals surface area contributed by atoms with Gasteiger partial charge in [0.1, 0.15) is 0 Å². The Morgan fingerprint density at radius 2 is 0.629 bits per heavy atom. The number of nitrogens with zero attached hydrogens (tertiary/aromatic N) is 8. The lowest BCUT2D eigenvalue weighted by molar-refractivity contribution is 1.17. The molecule has 0 radical (unpaired) electrons. The molecule has 4 heterocycles. The molecule has 4 aromatic heterocycles. The van der Waals surface area contributed by atoms with Gasteiger partial charge in [0.05, 0.1) is 50.6 Å². The third kappa shape index (κ3) is 13.4. The monoisotopic (exact) mass is 1480 g/mol. The fourth-order valence-electron chi connectivity index (χ4n) is 16.4. The van der Waals surface area contributed by atoms with Crippen molar-refractivity contribution in [3.63, 3.8) is 0 Å². The van der Waals surface area contributed by atoms with Crippen molar-refractivity contribution >= 4 is 99.4 Å². The first-order chi connectivity index (χ1) is 57.4. The van der Waals surface area contributed by atoms with Crippen molar-refractivity contribution in [2.24, 2.45) is 0 Å². The van der Waals surface area contributed by atoms with Crippen molar-refractivity contribution in [2.75, 3.05) is 9.80 Å². The van der Waals surface area contributed by atoms with Gasteiger partial charge in [0.2, 0.25) is 0 Å². The van der Waals surface area contributed by atoms with Crippen LogP contribution in [0.3, 0.4) is 0 Å². The molecule has 0 aliphatic heterocycles. The number of hydrogen-bond donors (Lipinski definition) is 0. The zero-order chi connectivity index (χ0) is 77.3. The summed E-state index contributed by atoms with van der Waals surface area (Å²) in [5, 5.41) is 17.9. The highest BCUT2D eigenvalue weighted by molar-refractivity contribution is 6.13. The van der Waals surface area contributed by atoms with Gasteiger partial charge in [-0.25, -0.2) is 9.97 Å². The Morgan fingerprint density at radius 3 is 1.18 bits per heavy atom. The van der Waals surface area contributed by atoms with Crippen molar-refractivity contribution < 1.29 is 0 Å². The molecule has 0 saturated carbocycles. The molecule has 8 heteroatoms. The smallest absolute Gasteiger partial charge is 0.160 e. The van der Waals surface area contributed by atoms with Gasteiger partial charge >= 0.3 is 0 Å². The molecule has 0 aliphatic carbocycles. The highest BCUT2D eigenvalue weighted by atomic mass is 15.1. The van der Waals surface area contributed by atoms with Crippen molar-refractivity contribution in [2.45, 2.75) is 0 Å². The molecule has 0 saturated heterocycles. The molecule has 21 rings (SSSR count). The summed E-state index contributed by atoms with van der Waals surface area (Å²) in [7, 11) is 0. The van der Waals surface area contributed by atoms with Crippen molar-refractivity contribution in [1.82, 2.24) is 24.1 Å². The molecule has 544 valence electrons. The summed E-state index contributed by atoms with van der Waals surface area (Å²) in [4.78, 5) is 19.3. The molecule has 0 unspecified atom stereocenters. The van der Waals surface area contributed by atoms with E-state index in [1.54, 1.807) is 0 Å². The molecule has 21 aromatic rings. The highest BCUT2D eigenvalue weighted by Gasteiger charge is 2.21. The number of anilines is 6. The maximum atomic E-state index is 9.49. The molecule has 8 nitrogen and oxygen atoms in total. The van der Waals surface area contributed by atoms with Gasteiger partial charge in [0.25, 0.3) is 0 Å². The average molecular weight is 1480 g/mol. The van der Waals surface area contributed by atoms with Crippen LogP contribution in [0.15, 0.2) is 437 Å². The van der Waals surface area contributed by atoms with Crippen molar-refractivity contribution in [1.29, 1.82) is 5.26 Å². The lowest BCUT2D eigenvalue weighted by atomic mass is 9.99. The zero-order valence-corrected chi connectivity index (χ0v) is 63.1. The van der Waals surface area contributed by atoms with Crippen LogP contribution in [-0.2, 0) is 0 Å². The normalized spacial score (nSPS) is 11.3. The maximum absolute atomic E-state index is 9.49. The first-order valence-electron chi connectivity index (χ1n) is 39.1. The minimum atomic E-state index is 0.643. The quantitative estimate of drug-likeness (QED) is 0.102. The Kier molecular flexibility index (Phi) is 18.2. The Hall–Kier alpha value is -15.8. The number of aromatic nitrogens is 5. The number of nitriles is 1. The lowest BCUT2D eigenvalue weighted by Gasteiger charge is -2.26. The Labute approximate surface area is 672 Å². The van der Waals surface area contributed by atoms with Crippen LogP contribution in [0.25, 0.3) is 155 Å². The van der Waals surface area contributed by atoms with Crippen molar-refractivity contribution in [3.8, 4) is 95.9 Å². The van der Waals surface area contributed by atoms with Crippen LogP contribution in [0.4, 0.5) is 34.1 Å². The van der Waals surface area contributed by atoms with E-state index in [0.717, 1.165) is 129 Å². The molecule has 116 heavy (non-hydrogen) atoms. The van der Waals surface area contributed by atoms with E-state index >= 15 is 0 Å². The third-order valence-electron chi connectivity index (χ3n) is 22.0. The molecule has 0 N–H and O–H groups in total. The maximum Gasteiger partial charge on any atom is 0.160 e. The van der Waals surface area contributed by atoms with E-state index in [-0.39, 0.29) is 0 Å². The summed E-state index contributed by atoms with van der Waals surface area (Å²) >= 11 is 0. The Bertz CT molecular complexity index is 7090. The summed E-state index contributed by atoms with van der Waals surface area (Å²) in [5.41, 5.74) is 29.0. The molecule has 17 aromatic carbocycles. The molecule has 0 bridgehead atoms. The van der Waals surface area contributed by atoms with E-state index < -0.39 is 0 Å². The van der Waals surface area contributed by atoms with Crippen LogP contribution in [0.2, 0.25) is 0 Å². The minimum Gasteiger partial charge on any atom is -0.310 e. The van der Waals surface area contributed by atoms with E-state index in [1.807, 2.05) is 72.9 Å². The van der Waals surface area contributed by atoms with Crippen LogP contribution in [-0.4, -0.2) is 24.1 Å².